The Hall–Kier alpha value is -2.93. The van der Waals surface area contributed by atoms with E-state index in [1.165, 1.54) is 11.1 Å². The molecule has 0 radical (unpaired) electrons. The van der Waals surface area contributed by atoms with E-state index in [1.807, 2.05) is 18.3 Å². The second kappa shape index (κ2) is 7.59. The molecule has 1 saturated heterocycles. The van der Waals surface area contributed by atoms with E-state index in [4.69, 9.17) is 4.74 Å². The molecule has 0 saturated carbocycles. The molecule has 0 spiro atoms. The molecular formula is C21H24N6O. The van der Waals surface area contributed by atoms with Crippen LogP contribution in [0.15, 0.2) is 49.1 Å². The highest BCUT2D eigenvalue weighted by Crippen LogP contribution is 2.26. The van der Waals surface area contributed by atoms with Gasteiger partial charge in [0.25, 0.3) is 0 Å². The molecule has 2 aromatic heterocycles. The lowest BCUT2D eigenvalue weighted by molar-refractivity contribution is 0.260. The van der Waals surface area contributed by atoms with Crippen molar-refractivity contribution in [2.75, 3.05) is 44.2 Å². The topological polar surface area (TPSA) is 59.3 Å². The van der Waals surface area contributed by atoms with E-state index in [0.717, 1.165) is 69.6 Å². The maximum atomic E-state index is 5.60. The molecule has 0 amide bonds. The van der Waals surface area contributed by atoms with Crippen LogP contribution in [-0.2, 0) is 12.8 Å². The predicted octanol–water partition coefficient (Wildman–Crippen LogP) is 1.96. The van der Waals surface area contributed by atoms with Crippen molar-refractivity contribution in [2.45, 2.75) is 12.8 Å². The SMILES string of the molecule is c1cnn(-c2cc(N3CCN(CCc4ccc5c(c4)CCO5)CC3)ncn2)c1. The van der Waals surface area contributed by atoms with Crippen LogP contribution in [0.3, 0.4) is 0 Å². The van der Waals surface area contributed by atoms with E-state index in [-0.39, 0.29) is 0 Å². The van der Waals surface area contributed by atoms with Gasteiger partial charge in [0.1, 0.15) is 17.9 Å². The van der Waals surface area contributed by atoms with Gasteiger partial charge in [-0.2, -0.15) is 5.10 Å². The Morgan fingerprint density at radius 3 is 2.75 bits per heavy atom. The van der Waals surface area contributed by atoms with Crippen molar-refractivity contribution in [3.05, 3.63) is 60.2 Å². The zero-order valence-corrected chi connectivity index (χ0v) is 15.9. The third kappa shape index (κ3) is 3.57. The first-order valence-corrected chi connectivity index (χ1v) is 9.89. The third-order valence-corrected chi connectivity index (χ3v) is 5.54. The lowest BCUT2D eigenvalue weighted by Gasteiger charge is -2.35. The summed E-state index contributed by atoms with van der Waals surface area (Å²) in [6.07, 6.45) is 7.41. The molecular weight excluding hydrogens is 352 g/mol. The van der Waals surface area contributed by atoms with Crippen molar-refractivity contribution >= 4 is 5.82 Å². The Kier molecular flexibility index (Phi) is 4.66. The minimum Gasteiger partial charge on any atom is -0.493 e. The maximum absolute atomic E-state index is 5.60. The van der Waals surface area contributed by atoms with Crippen LogP contribution in [-0.4, -0.2) is 64.0 Å². The van der Waals surface area contributed by atoms with Gasteiger partial charge in [0.15, 0.2) is 5.82 Å². The number of rotatable bonds is 5. The molecule has 0 bridgehead atoms. The molecule has 2 aliphatic heterocycles. The van der Waals surface area contributed by atoms with Crippen molar-refractivity contribution in [3.63, 3.8) is 0 Å². The molecule has 7 heteroatoms. The minimum atomic E-state index is 0.804. The van der Waals surface area contributed by atoms with Gasteiger partial charge < -0.3 is 9.64 Å². The lowest BCUT2D eigenvalue weighted by atomic mass is 10.1. The number of hydrogen-bond acceptors (Lipinski definition) is 6. The fourth-order valence-electron chi connectivity index (χ4n) is 3.92. The molecule has 1 fully saturated rings. The van der Waals surface area contributed by atoms with Crippen LogP contribution in [0.4, 0.5) is 5.82 Å². The molecule has 7 nitrogen and oxygen atoms in total. The average Bonchev–Trinajstić information content (AvgIpc) is 3.44. The van der Waals surface area contributed by atoms with Crippen LogP contribution in [0.1, 0.15) is 11.1 Å². The summed E-state index contributed by atoms with van der Waals surface area (Å²) in [7, 11) is 0. The minimum absolute atomic E-state index is 0.804. The number of piperazine rings is 1. The van der Waals surface area contributed by atoms with Gasteiger partial charge in [-0.15, -0.1) is 0 Å². The molecule has 4 heterocycles. The van der Waals surface area contributed by atoms with Crippen LogP contribution >= 0.6 is 0 Å². The standard InChI is InChI=1S/C21H24N6O/c1-6-24-27(7-1)21-15-20(22-16-23-21)26-11-9-25(10-12-26)8-4-17-2-3-19-18(14-17)5-13-28-19/h1-3,6-7,14-16H,4-5,8-13H2. The predicted molar refractivity (Wildman–Crippen MR) is 107 cm³/mol. The lowest BCUT2D eigenvalue weighted by Crippen LogP contribution is -2.47. The van der Waals surface area contributed by atoms with Crippen molar-refractivity contribution in [1.82, 2.24) is 24.6 Å². The molecule has 28 heavy (non-hydrogen) atoms. The highest BCUT2D eigenvalue weighted by Gasteiger charge is 2.19. The summed E-state index contributed by atoms with van der Waals surface area (Å²) >= 11 is 0. The molecule has 5 rings (SSSR count). The van der Waals surface area contributed by atoms with Crippen LogP contribution in [0.25, 0.3) is 5.82 Å². The van der Waals surface area contributed by atoms with Gasteiger partial charge >= 0.3 is 0 Å². The summed E-state index contributed by atoms with van der Waals surface area (Å²) < 4.78 is 7.37. The summed E-state index contributed by atoms with van der Waals surface area (Å²) in [5.41, 5.74) is 2.77. The molecule has 0 atom stereocenters. The first-order valence-electron chi connectivity index (χ1n) is 9.89. The summed E-state index contributed by atoms with van der Waals surface area (Å²) in [5, 5.41) is 4.25. The van der Waals surface area contributed by atoms with Gasteiger partial charge in [-0.25, -0.2) is 14.6 Å². The number of aromatic nitrogens is 4. The number of benzene rings is 1. The van der Waals surface area contributed by atoms with Gasteiger partial charge in [-0.1, -0.05) is 12.1 Å². The summed E-state index contributed by atoms with van der Waals surface area (Å²) in [4.78, 5) is 13.7. The van der Waals surface area contributed by atoms with Gasteiger partial charge in [-0.3, -0.25) is 4.90 Å². The van der Waals surface area contributed by atoms with E-state index in [0.29, 0.717) is 0 Å². The van der Waals surface area contributed by atoms with Crippen molar-refractivity contribution in [2.24, 2.45) is 0 Å². The number of fused-ring (bicyclic) bond motifs is 1. The summed E-state index contributed by atoms with van der Waals surface area (Å²) in [5.74, 6) is 2.84. The number of nitrogens with zero attached hydrogens (tertiary/aromatic N) is 6. The van der Waals surface area contributed by atoms with Gasteiger partial charge in [0.2, 0.25) is 0 Å². The molecule has 0 N–H and O–H groups in total. The van der Waals surface area contributed by atoms with Gasteiger partial charge in [0, 0.05) is 57.6 Å². The summed E-state index contributed by atoms with van der Waals surface area (Å²) in [6.45, 7) is 5.98. The van der Waals surface area contributed by atoms with Gasteiger partial charge in [-0.05, 0) is 29.7 Å². The zero-order chi connectivity index (χ0) is 18.8. The van der Waals surface area contributed by atoms with Crippen LogP contribution < -0.4 is 9.64 Å². The third-order valence-electron chi connectivity index (χ3n) is 5.54. The highest BCUT2D eigenvalue weighted by atomic mass is 16.5. The largest absolute Gasteiger partial charge is 0.493 e. The van der Waals surface area contributed by atoms with Gasteiger partial charge in [0.05, 0.1) is 6.61 Å². The Morgan fingerprint density at radius 1 is 1.00 bits per heavy atom. The van der Waals surface area contributed by atoms with E-state index >= 15 is 0 Å². The number of ether oxygens (including phenoxy) is 1. The summed E-state index contributed by atoms with van der Waals surface area (Å²) in [6, 6.07) is 10.6. The zero-order valence-electron chi connectivity index (χ0n) is 15.9. The van der Waals surface area contributed by atoms with E-state index in [9.17, 15) is 0 Å². The van der Waals surface area contributed by atoms with Crippen LogP contribution in [0.2, 0.25) is 0 Å². The molecule has 0 aliphatic carbocycles. The maximum Gasteiger partial charge on any atom is 0.158 e. The fraction of sp³-hybridized carbons (Fsp3) is 0.381. The Balaban J connectivity index is 1.16. The molecule has 3 aromatic rings. The molecule has 1 aromatic carbocycles. The van der Waals surface area contributed by atoms with E-state index in [1.54, 1.807) is 17.2 Å². The van der Waals surface area contributed by atoms with Crippen molar-refractivity contribution in [3.8, 4) is 11.6 Å². The van der Waals surface area contributed by atoms with Crippen LogP contribution in [0, 0.1) is 0 Å². The number of anilines is 1. The molecule has 0 unspecified atom stereocenters. The van der Waals surface area contributed by atoms with E-state index in [2.05, 4.69) is 43.1 Å². The fourth-order valence-corrected chi connectivity index (χ4v) is 3.92. The average molecular weight is 376 g/mol. The Bertz CT molecular complexity index is 934. The van der Waals surface area contributed by atoms with Crippen molar-refractivity contribution < 1.29 is 4.74 Å². The molecule has 144 valence electrons. The smallest absolute Gasteiger partial charge is 0.158 e. The van der Waals surface area contributed by atoms with E-state index < -0.39 is 0 Å². The van der Waals surface area contributed by atoms with Crippen LogP contribution in [0.5, 0.6) is 5.75 Å². The van der Waals surface area contributed by atoms with Crippen molar-refractivity contribution in [1.29, 1.82) is 0 Å². The quantitative estimate of drug-likeness (QED) is 0.679. The second-order valence-electron chi connectivity index (χ2n) is 7.30. The second-order valence-corrected chi connectivity index (χ2v) is 7.30. The Labute approximate surface area is 164 Å². The first-order chi connectivity index (χ1) is 13.8. The Morgan fingerprint density at radius 2 is 1.89 bits per heavy atom. The normalized spacial score (nSPS) is 16.8. The monoisotopic (exact) mass is 376 g/mol. The number of hydrogen-bond donors (Lipinski definition) is 0. The highest BCUT2D eigenvalue weighted by molar-refractivity contribution is 5.43. The first kappa shape index (κ1) is 17.2. The molecule has 2 aliphatic rings.